The maximum absolute atomic E-state index is 11.8. The van der Waals surface area contributed by atoms with Crippen molar-refractivity contribution in [2.75, 3.05) is 6.54 Å². The topological polar surface area (TPSA) is 103 Å². The van der Waals surface area contributed by atoms with Gasteiger partial charge in [-0.05, 0) is 11.6 Å². The molecule has 0 spiro atoms. The van der Waals surface area contributed by atoms with Crippen molar-refractivity contribution in [2.45, 2.75) is 5.00 Å². The van der Waals surface area contributed by atoms with Crippen molar-refractivity contribution in [3.8, 4) is 0 Å². The second-order valence-electron chi connectivity index (χ2n) is 3.20. The van der Waals surface area contributed by atoms with E-state index in [0.29, 0.717) is 0 Å². The van der Waals surface area contributed by atoms with E-state index in [4.69, 9.17) is 11.6 Å². The van der Waals surface area contributed by atoms with E-state index < -0.39 is 27.2 Å². The van der Waals surface area contributed by atoms with E-state index in [0.717, 1.165) is 0 Å². The Morgan fingerprint density at radius 3 is 2.18 bits per heavy atom. The summed E-state index contributed by atoms with van der Waals surface area (Å²) in [5.41, 5.74) is -0.0407. The molecule has 0 fully saturated rings. The van der Waals surface area contributed by atoms with Crippen LogP contribution in [0.3, 0.4) is 0 Å². The molecule has 0 aliphatic carbocycles. The van der Waals surface area contributed by atoms with Gasteiger partial charge in [-0.3, -0.25) is 25.0 Å². The van der Waals surface area contributed by atoms with Crippen LogP contribution in [0.25, 0.3) is 0 Å². The molecule has 1 atom stereocenters. The molecule has 90 valence electrons. The van der Waals surface area contributed by atoms with E-state index in [-0.39, 0.29) is 5.56 Å². The van der Waals surface area contributed by atoms with Crippen molar-refractivity contribution in [3.05, 3.63) is 56.1 Å². The van der Waals surface area contributed by atoms with Crippen LogP contribution in [0.4, 0.5) is 0 Å². The average molecular weight is 259 g/mol. The fourth-order valence-electron chi connectivity index (χ4n) is 1.19. The Morgan fingerprint density at radius 2 is 1.76 bits per heavy atom. The number of halogens is 1. The number of carbonyl (C=O) groups excluding carboxylic acids is 1. The Bertz CT molecular complexity index is 464. The van der Waals surface area contributed by atoms with Crippen LogP contribution in [0.15, 0.2) is 30.3 Å². The van der Waals surface area contributed by atoms with Gasteiger partial charge >= 0.3 is 5.00 Å². The normalized spacial score (nSPS) is 13.7. The summed E-state index contributed by atoms with van der Waals surface area (Å²) in [5.74, 6) is -1.10. The van der Waals surface area contributed by atoms with Gasteiger partial charge in [0.15, 0.2) is 0 Å². The second-order valence-corrected chi connectivity index (χ2v) is 3.83. The van der Waals surface area contributed by atoms with E-state index in [1.54, 1.807) is 6.07 Å². The first-order valence-electron chi connectivity index (χ1n) is 4.43. The lowest BCUT2D eigenvalue weighted by atomic mass is 10.0. The van der Waals surface area contributed by atoms with E-state index in [9.17, 15) is 25.0 Å². The molecule has 0 aromatic heterocycles. The summed E-state index contributed by atoms with van der Waals surface area (Å²) in [6.07, 6.45) is 0. The molecule has 7 nitrogen and oxygen atoms in total. The summed E-state index contributed by atoms with van der Waals surface area (Å²) in [4.78, 5) is 27.9. The zero-order chi connectivity index (χ0) is 13.1. The summed E-state index contributed by atoms with van der Waals surface area (Å²) in [5, 5.41) is 21.0. The zero-order valence-electron chi connectivity index (χ0n) is 8.41. The number of carbonyl (C=O) groups is 1. The molecule has 0 radical (unpaired) electrons. The maximum Gasteiger partial charge on any atom is 0.419 e. The highest BCUT2D eigenvalue weighted by Crippen LogP contribution is 2.22. The molecular formula is C9H7ClN2O5. The van der Waals surface area contributed by atoms with Crippen molar-refractivity contribution in [1.29, 1.82) is 0 Å². The SMILES string of the molecule is O=C(c1ccccc1)C(Cl)(C[N+](=O)[O-])[N+](=O)[O-]. The van der Waals surface area contributed by atoms with Gasteiger partial charge in [-0.1, -0.05) is 30.3 Å². The monoisotopic (exact) mass is 258 g/mol. The molecule has 0 heterocycles. The van der Waals surface area contributed by atoms with Crippen LogP contribution >= 0.6 is 11.6 Å². The molecular weight excluding hydrogens is 252 g/mol. The van der Waals surface area contributed by atoms with Crippen LogP contribution in [0.5, 0.6) is 0 Å². The molecule has 0 N–H and O–H groups in total. The van der Waals surface area contributed by atoms with Crippen LogP contribution in [-0.2, 0) is 0 Å². The van der Waals surface area contributed by atoms with Crippen molar-refractivity contribution in [3.63, 3.8) is 0 Å². The lowest BCUT2D eigenvalue weighted by Gasteiger charge is -2.12. The van der Waals surface area contributed by atoms with Gasteiger partial charge in [0.2, 0.25) is 0 Å². The van der Waals surface area contributed by atoms with Crippen LogP contribution < -0.4 is 0 Å². The minimum Gasteiger partial charge on any atom is -0.284 e. The Hall–Kier alpha value is -2.02. The Labute approximate surface area is 100 Å². The van der Waals surface area contributed by atoms with E-state index in [2.05, 4.69) is 0 Å². The molecule has 0 aliphatic heterocycles. The highest BCUT2D eigenvalue weighted by atomic mass is 35.5. The van der Waals surface area contributed by atoms with Gasteiger partial charge in [-0.25, -0.2) is 0 Å². The van der Waals surface area contributed by atoms with Gasteiger partial charge in [-0.2, -0.15) is 0 Å². The van der Waals surface area contributed by atoms with Crippen molar-refractivity contribution < 1.29 is 14.6 Å². The lowest BCUT2D eigenvalue weighted by Crippen LogP contribution is -2.46. The van der Waals surface area contributed by atoms with Crippen LogP contribution in [0.2, 0.25) is 0 Å². The fourth-order valence-corrected chi connectivity index (χ4v) is 1.40. The number of nitrogens with zero attached hydrogens (tertiary/aromatic N) is 2. The Balaban J connectivity index is 3.12. The molecule has 1 rings (SSSR count). The molecule has 0 saturated carbocycles. The van der Waals surface area contributed by atoms with Crippen LogP contribution in [0.1, 0.15) is 10.4 Å². The molecule has 0 saturated heterocycles. The van der Waals surface area contributed by atoms with Crippen LogP contribution in [-0.4, -0.2) is 27.2 Å². The van der Waals surface area contributed by atoms with Crippen LogP contribution in [0, 0.1) is 20.2 Å². The summed E-state index contributed by atoms with van der Waals surface area (Å²) in [7, 11) is 0. The minimum atomic E-state index is -2.76. The highest BCUT2D eigenvalue weighted by Gasteiger charge is 2.54. The molecule has 0 amide bonds. The van der Waals surface area contributed by atoms with Crippen molar-refractivity contribution in [2.24, 2.45) is 0 Å². The zero-order valence-corrected chi connectivity index (χ0v) is 9.16. The van der Waals surface area contributed by atoms with E-state index in [1.165, 1.54) is 24.3 Å². The number of alkyl halides is 1. The number of rotatable bonds is 5. The molecule has 0 bridgehead atoms. The first kappa shape index (κ1) is 13.0. The van der Waals surface area contributed by atoms with Crippen molar-refractivity contribution in [1.82, 2.24) is 0 Å². The van der Waals surface area contributed by atoms with E-state index in [1.807, 2.05) is 0 Å². The van der Waals surface area contributed by atoms with Gasteiger partial charge in [0, 0.05) is 10.5 Å². The van der Waals surface area contributed by atoms with Gasteiger partial charge < -0.3 is 0 Å². The minimum absolute atomic E-state index is 0.0407. The number of hydrogen-bond acceptors (Lipinski definition) is 5. The van der Waals surface area contributed by atoms with Gasteiger partial charge in [0.05, 0.1) is 4.92 Å². The third-order valence-electron chi connectivity index (χ3n) is 2.01. The Kier molecular flexibility index (Phi) is 3.74. The molecule has 0 aliphatic rings. The standard InChI is InChI=1S/C9H7ClN2O5/c10-9(12(16)17,6-11(14)15)8(13)7-4-2-1-3-5-7/h1-5H,6H2. The number of ketones is 1. The largest absolute Gasteiger partial charge is 0.419 e. The third-order valence-corrected chi connectivity index (χ3v) is 2.44. The average Bonchev–Trinajstić information content (AvgIpc) is 2.28. The number of hydrogen-bond donors (Lipinski definition) is 0. The smallest absolute Gasteiger partial charge is 0.284 e. The third kappa shape index (κ3) is 2.76. The van der Waals surface area contributed by atoms with Gasteiger partial charge in [0.25, 0.3) is 12.3 Å². The predicted octanol–water partition coefficient (Wildman–Crippen LogP) is 1.36. The van der Waals surface area contributed by atoms with E-state index >= 15 is 0 Å². The lowest BCUT2D eigenvalue weighted by molar-refractivity contribution is -0.588. The molecule has 1 unspecified atom stereocenters. The predicted molar refractivity (Wildman–Crippen MR) is 58.2 cm³/mol. The maximum atomic E-state index is 11.8. The van der Waals surface area contributed by atoms with Gasteiger partial charge in [-0.15, -0.1) is 0 Å². The quantitative estimate of drug-likeness (QED) is 0.261. The number of benzene rings is 1. The number of nitro groups is 2. The summed E-state index contributed by atoms with van der Waals surface area (Å²) < 4.78 is 0. The molecule has 1 aromatic carbocycles. The molecule has 8 heteroatoms. The number of Topliss-reactive ketones (excluding diaryl/α,β-unsaturated/α-hetero) is 1. The summed E-state index contributed by atoms with van der Waals surface area (Å²) >= 11 is 5.46. The molecule has 17 heavy (non-hydrogen) atoms. The molecule has 1 aromatic rings. The second kappa shape index (κ2) is 4.88. The highest BCUT2D eigenvalue weighted by molar-refractivity contribution is 6.36. The fraction of sp³-hybridized carbons (Fsp3) is 0.222. The summed E-state index contributed by atoms with van der Waals surface area (Å²) in [6, 6.07) is 7.19. The van der Waals surface area contributed by atoms with Crippen molar-refractivity contribution >= 4 is 17.4 Å². The van der Waals surface area contributed by atoms with Gasteiger partial charge in [0.1, 0.15) is 0 Å². The summed E-state index contributed by atoms with van der Waals surface area (Å²) in [6.45, 7) is -1.27. The first-order valence-corrected chi connectivity index (χ1v) is 4.81. The Morgan fingerprint density at radius 1 is 1.24 bits per heavy atom. The first-order chi connectivity index (χ1) is 7.88.